The van der Waals surface area contributed by atoms with Gasteiger partial charge in [-0.2, -0.15) is 4.99 Å². The molecule has 0 unspecified atom stereocenters. The Morgan fingerprint density at radius 1 is 1.00 bits per heavy atom. The summed E-state index contributed by atoms with van der Waals surface area (Å²) in [6, 6.07) is 21.1. The number of carbonyl (C=O) groups is 2. The standard InChI is InChI=1S/C29H18F4N6O3S/c30-22-14-18(26-34-16-38(37-26)19-9-11-20(12-10-19)42-29(31,32)33)8-13-23(22)35-27(41)36-28-39(25(40)15-43-28)24-7-3-5-17-4-1-2-6-21(17)24/h1-14,16H,15H2,(H,35,41). The van der Waals surface area contributed by atoms with E-state index < -0.39 is 18.2 Å². The molecule has 1 fully saturated rings. The Kier molecular flexibility index (Phi) is 7.27. The summed E-state index contributed by atoms with van der Waals surface area (Å²) in [6.45, 7) is 0. The van der Waals surface area contributed by atoms with Gasteiger partial charge in [0.05, 0.1) is 22.8 Å². The summed E-state index contributed by atoms with van der Waals surface area (Å²) in [6.07, 6.45) is -3.49. The molecule has 2 heterocycles. The van der Waals surface area contributed by atoms with Crippen LogP contribution in [0, 0.1) is 5.82 Å². The van der Waals surface area contributed by atoms with Crippen molar-refractivity contribution in [2.75, 3.05) is 16.0 Å². The van der Waals surface area contributed by atoms with E-state index in [1.807, 2.05) is 36.4 Å². The van der Waals surface area contributed by atoms with Crippen molar-refractivity contribution in [3.05, 3.63) is 97.1 Å². The molecule has 216 valence electrons. The quantitative estimate of drug-likeness (QED) is 0.221. The van der Waals surface area contributed by atoms with Gasteiger partial charge in [0.2, 0.25) is 5.91 Å². The summed E-state index contributed by atoms with van der Waals surface area (Å²) < 4.78 is 57.3. The third kappa shape index (κ3) is 6.04. The number of fused-ring (bicyclic) bond motifs is 1. The molecule has 1 aliphatic heterocycles. The molecule has 1 saturated heterocycles. The second-order valence-electron chi connectivity index (χ2n) is 9.09. The number of aliphatic imine (C=N–C) groups is 1. The highest BCUT2D eigenvalue weighted by molar-refractivity contribution is 8.15. The molecule has 1 N–H and O–H groups in total. The zero-order chi connectivity index (χ0) is 30.1. The second kappa shape index (κ2) is 11.2. The number of ether oxygens (including phenoxy) is 1. The fourth-order valence-corrected chi connectivity index (χ4v) is 5.25. The first-order valence-electron chi connectivity index (χ1n) is 12.6. The first-order chi connectivity index (χ1) is 20.6. The number of alkyl halides is 3. The van der Waals surface area contributed by atoms with Crippen molar-refractivity contribution in [3.8, 4) is 22.8 Å². The van der Waals surface area contributed by atoms with Crippen LogP contribution in [-0.2, 0) is 4.79 Å². The van der Waals surface area contributed by atoms with Crippen LogP contribution in [0.4, 0.5) is 33.7 Å². The highest BCUT2D eigenvalue weighted by atomic mass is 32.2. The van der Waals surface area contributed by atoms with Gasteiger partial charge < -0.3 is 10.1 Å². The number of amides is 3. The van der Waals surface area contributed by atoms with Crippen molar-refractivity contribution in [1.82, 2.24) is 14.8 Å². The topological polar surface area (TPSA) is 102 Å². The fourth-order valence-electron chi connectivity index (χ4n) is 4.39. The van der Waals surface area contributed by atoms with Crippen LogP contribution in [0.3, 0.4) is 0 Å². The lowest BCUT2D eigenvalue weighted by molar-refractivity contribution is -0.274. The number of halogens is 4. The number of aromatic nitrogens is 3. The van der Waals surface area contributed by atoms with E-state index >= 15 is 0 Å². The molecule has 0 atom stereocenters. The van der Waals surface area contributed by atoms with Gasteiger partial charge in [-0.1, -0.05) is 48.2 Å². The van der Waals surface area contributed by atoms with Crippen molar-refractivity contribution < 1.29 is 31.9 Å². The molecule has 0 bridgehead atoms. The smallest absolute Gasteiger partial charge is 0.406 e. The van der Waals surface area contributed by atoms with Crippen molar-refractivity contribution in [3.63, 3.8) is 0 Å². The minimum atomic E-state index is -4.81. The number of urea groups is 1. The first-order valence-corrected chi connectivity index (χ1v) is 13.5. The zero-order valence-corrected chi connectivity index (χ0v) is 22.6. The minimum Gasteiger partial charge on any atom is -0.406 e. The van der Waals surface area contributed by atoms with E-state index in [4.69, 9.17) is 0 Å². The van der Waals surface area contributed by atoms with Crippen LogP contribution in [0.25, 0.3) is 27.8 Å². The average Bonchev–Trinajstić information content (AvgIpc) is 3.60. The Balaban J connectivity index is 1.17. The molecule has 43 heavy (non-hydrogen) atoms. The number of carbonyl (C=O) groups excluding carboxylic acids is 2. The van der Waals surface area contributed by atoms with Crippen molar-refractivity contribution in [1.29, 1.82) is 0 Å². The first kappa shape index (κ1) is 27.9. The summed E-state index contributed by atoms with van der Waals surface area (Å²) in [5.74, 6) is -1.16. The molecular formula is C29H18F4N6O3S. The predicted octanol–water partition coefficient (Wildman–Crippen LogP) is 6.79. The van der Waals surface area contributed by atoms with Crippen LogP contribution >= 0.6 is 11.8 Å². The summed E-state index contributed by atoms with van der Waals surface area (Å²) >= 11 is 1.10. The van der Waals surface area contributed by atoms with E-state index in [-0.39, 0.29) is 39.7 Å². The van der Waals surface area contributed by atoms with Gasteiger partial charge in [-0.15, -0.1) is 18.3 Å². The molecule has 9 nitrogen and oxygen atoms in total. The number of rotatable bonds is 5. The van der Waals surface area contributed by atoms with Gasteiger partial charge in [0.15, 0.2) is 11.0 Å². The Hall–Kier alpha value is -5.24. The SMILES string of the molecule is O=C(N=C1SCC(=O)N1c1cccc2ccccc12)Nc1ccc(-c2ncn(-c3ccc(OC(F)(F)F)cc3)n2)cc1F. The van der Waals surface area contributed by atoms with Crippen LogP contribution in [0.2, 0.25) is 0 Å². The molecule has 14 heteroatoms. The third-order valence-corrected chi connectivity index (χ3v) is 7.19. The number of hydrogen-bond acceptors (Lipinski definition) is 6. The van der Waals surface area contributed by atoms with Crippen molar-refractivity contribution >= 4 is 51.0 Å². The van der Waals surface area contributed by atoms with E-state index in [0.29, 0.717) is 11.4 Å². The Bertz CT molecular complexity index is 1890. The number of amidine groups is 1. The molecule has 3 amide bonds. The molecule has 6 rings (SSSR count). The summed E-state index contributed by atoms with van der Waals surface area (Å²) in [4.78, 5) is 35.0. The van der Waals surface area contributed by atoms with Crippen LogP contribution in [0.5, 0.6) is 5.75 Å². The maximum Gasteiger partial charge on any atom is 0.573 e. The maximum absolute atomic E-state index is 15.0. The fraction of sp³-hybridized carbons (Fsp3) is 0.0690. The van der Waals surface area contributed by atoms with E-state index in [9.17, 15) is 27.2 Å². The van der Waals surface area contributed by atoms with E-state index in [1.165, 1.54) is 40.2 Å². The van der Waals surface area contributed by atoms with E-state index in [2.05, 4.69) is 25.1 Å². The Labute approximate surface area is 244 Å². The lowest BCUT2D eigenvalue weighted by Gasteiger charge is -2.18. The normalized spacial score (nSPS) is 14.5. The molecule has 1 aliphatic rings. The van der Waals surface area contributed by atoms with Crippen LogP contribution in [0.15, 0.2) is 96.2 Å². The molecule has 4 aromatic carbocycles. The largest absolute Gasteiger partial charge is 0.573 e. The number of anilines is 2. The van der Waals surface area contributed by atoms with Gasteiger partial charge in [-0.05, 0) is 53.9 Å². The van der Waals surface area contributed by atoms with Gasteiger partial charge in [0.25, 0.3) is 0 Å². The van der Waals surface area contributed by atoms with Crippen molar-refractivity contribution in [2.24, 2.45) is 4.99 Å². The third-order valence-electron chi connectivity index (χ3n) is 6.27. The lowest BCUT2D eigenvalue weighted by atomic mass is 10.1. The van der Waals surface area contributed by atoms with Gasteiger partial charge >= 0.3 is 12.4 Å². The van der Waals surface area contributed by atoms with E-state index in [0.717, 1.165) is 40.7 Å². The molecule has 0 saturated carbocycles. The predicted molar refractivity (Wildman–Crippen MR) is 154 cm³/mol. The number of benzene rings is 4. The van der Waals surface area contributed by atoms with Gasteiger partial charge in [0.1, 0.15) is 17.9 Å². The maximum atomic E-state index is 15.0. The van der Waals surface area contributed by atoms with Crippen LogP contribution in [0.1, 0.15) is 0 Å². The minimum absolute atomic E-state index is 0.101. The number of hydrogen-bond donors (Lipinski definition) is 1. The number of nitrogens with zero attached hydrogens (tertiary/aromatic N) is 5. The van der Waals surface area contributed by atoms with Gasteiger partial charge in [-0.25, -0.2) is 18.9 Å². The van der Waals surface area contributed by atoms with Crippen LogP contribution < -0.4 is 15.0 Å². The molecule has 0 spiro atoms. The average molecular weight is 607 g/mol. The summed E-state index contributed by atoms with van der Waals surface area (Å²) in [7, 11) is 0. The molecular weight excluding hydrogens is 588 g/mol. The highest BCUT2D eigenvalue weighted by Crippen LogP contribution is 2.33. The summed E-state index contributed by atoms with van der Waals surface area (Å²) in [5.41, 5.74) is 1.13. The molecule has 5 aromatic rings. The molecule has 0 aliphatic carbocycles. The highest BCUT2D eigenvalue weighted by Gasteiger charge is 2.32. The second-order valence-corrected chi connectivity index (χ2v) is 10.0. The van der Waals surface area contributed by atoms with Crippen molar-refractivity contribution in [2.45, 2.75) is 6.36 Å². The van der Waals surface area contributed by atoms with Crippen LogP contribution in [-0.4, -0.2) is 44.0 Å². The molecule has 1 aromatic heterocycles. The monoisotopic (exact) mass is 606 g/mol. The zero-order valence-electron chi connectivity index (χ0n) is 21.7. The van der Waals surface area contributed by atoms with E-state index in [1.54, 1.807) is 6.07 Å². The number of nitrogens with one attached hydrogen (secondary N) is 1. The Morgan fingerprint density at radius 3 is 2.53 bits per heavy atom. The molecule has 0 radical (unpaired) electrons. The number of thioether (sulfide) groups is 1. The lowest BCUT2D eigenvalue weighted by Crippen LogP contribution is -2.30. The Morgan fingerprint density at radius 2 is 1.77 bits per heavy atom. The van der Waals surface area contributed by atoms with Gasteiger partial charge in [-0.3, -0.25) is 9.69 Å². The van der Waals surface area contributed by atoms with Gasteiger partial charge in [0, 0.05) is 10.9 Å². The summed E-state index contributed by atoms with van der Waals surface area (Å²) in [5, 5.41) is 8.56.